The maximum absolute atomic E-state index is 5.60. The molecule has 0 radical (unpaired) electrons. The van der Waals surface area contributed by atoms with Gasteiger partial charge in [0, 0.05) is 17.4 Å². The number of hydrogen-bond donors (Lipinski definition) is 1. The third-order valence-electron chi connectivity index (χ3n) is 4.01. The monoisotopic (exact) mass is 375 g/mol. The SMILES string of the molecule is COc1cc(SC(C)C)c(OC)cc1CCNCc1ccccc1OC. The molecule has 2 aromatic rings. The molecular weight excluding hydrogens is 346 g/mol. The Balaban J connectivity index is 2.02. The van der Waals surface area contributed by atoms with Crippen LogP contribution in [0.1, 0.15) is 25.0 Å². The van der Waals surface area contributed by atoms with Gasteiger partial charge in [-0.05, 0) is 36.7 Å². The first-order chi connectivity index (χ1) is 12.6. The van der Waals surface area contributed by atoms with Crippen molar-refractivity contribution in [2.75, 3.05) is 27.9 Å². The first-order valence-electron chi connectivity index (χ1n) is 8.83. The van der Waals surface area contributed by atoms with Gasteiger partial charge in [0.05, 0.1) is 26.2 Å². The normalized spacial score (nSPS) is 10.8. The molecule has 0 heterocycles. The number of hydrogen-bond acceptors (Lipinski definition) is 5. The lowest BCUT2D eigenvalue weighted by Gasteiger charge is -2.16. The van der Waals surface area contributed by atoms with Crippen molar-refractivity contribution in [1.82, 2.24) is 5.32 Å². The van der Waals surface area contributed by atoms with Crippen molar-refractivity contribution < 1.29 is 14.2 Å². The van der Waals surface area contributed by atoms with Crippen LogP contribution in [0.3, 0.4) is 0 Å². The summed E-state index contributed by atoms with van der Waals surface area (Å²) in [5.74, 6) is 2.73. The van der Waals surface area contributed by atoms with Crippen LogP contribution in [-0.4, -0.2) is 33.1 Å². The Morgan fingerprint density at radius 3 is 2.23 bits per heavy atom. The largest absolute Gasteiger partial charge is 0.496 e. The Morgan fingerprint density at radius 2 is 1.58 bits per heavy atom. The van der Waals surface area contributed by atoms with Gasteiger partial charge in [-0.25, -0.2) is 0 Å². The van der Waals surface area contributed by atoms with Crippen LogP contribution in [0.5, 0.6) is 17.2 Å². The fourth-order valence-corrected chi connectivity index (χ4v) is 3.71. The molecule has 1 N–H and O–H groups in total. The van der Waals surface area contributed by atoms with Crippen LogP contribution in [0.25, 0.3) is 0 Å². The average molecular weight is 376 g/mol. The predicted molar refractivity (Wildman–Crippen MR) is 109 cm³/mol. The summed E-state index contributed by atoms with van der Waals surface area (Å²) in [4.78, 5) is 1.12. The molecule has 0 aromatic heterocycles. The third kappa shape index (κ3) is 5.58. The standard InChI is InChI=1S/C21H29NO3S/c1-15(2)26-21-13-19(24-4)16(12-20(21)25-5)10-11-22-14-17-8-6-7-9-18(17)23-3/h6-9,12-13,15,22H,10-11,14H2,1-5H3. The fraction of sp³-hybridized carbons (Fsp3) is 0.429. The zero-order chi connectivity index (χ0) is 18.9. The predicted octanol–water partition coefficient (Wildman–Crippen LogP) is 4.55. The van der Waals surface area contributed by atoms with E-state index in [9.17, 15) is 0 Å². The Kier molecular flexibility index (Phi) is 8.13. The molecule has 0 atom stereocenters. The van der Waals surface area contributed by atoms with Gasteiger partial charge >= 0.3 is 0 Å². The van der Waals surface area contributed by atoms with Gasteiger partial charge < -0.3 is 19.5 Å². The van der Waals surface area contributed by atoms with Crippen LogP contribution in [0, 0.1) is 0 Å². The van der Waals surface area contributed by atoms with Crippen LogP contribution >= 0.6 is 11.8 Å². The number of benzene rings is 2. The molecule has 4 nitrogen and oxygen atoms in total. The van der Waals surface area contributed by atoms with Crippen molar-refractivity contribution in [3.63, 3.8) is 0 Å². The summed E-state index contributed by atoms with van der Waals surface area (Å²) >= 11 is 1.78. The summed E-state index contributed by atoms with van der Waals surface area (Å²) in [6, 6.07) is 12.2. The molecule has 2 rings (SSSR count). The molecule has 0 aliphatic heterocycles. The summed E-state index contributed by atoms with van der Waals surface area (Å²) in [5.41, 5.74) is 2.30. The topological polar surface area (TPSA) is 39.7 Å². The molecule has 0 amide bonds. The van der Waals surface area contributed by atoms with E-state index < -0.39 is 0 Å². The molecule has 0 aliphatic rings. The first kappa shape index (κ1) is 20.5. The lowest BCUT2D eigenvalue weighted by Crippen LogP contribution is -2.17. The molecule has 142 valence electrons. The second-order valence-corrected chi connectivity index (χ2v) is 7.84. The number of ether oxygens (including phenoxy) is 3. The van der Waals surface area contributed by atoms with Gasteiger partial charge in [-0.2, -0.15) is 0 Å². The van der Waals surface area contributed by atoms with Crippen molar-refractivity contribution >= 4 is 11.8 Å². The van der Waals surface area contributed by atoms with Gasteiger partial charge in [-0.3, -0.25) is 0 Å². The van der Waals surface area contributed by atoms with Crippen LogP contribution in [0.15, 0.2) is 41.3 Å². The van der Waals surface area contributed by atoms with Crippen LogP contribution in [0.2, 0.25) is 0 Å². The molecule has 0 saturated carbocycles. The van der Waals surface area contributed by atoms with E-state index in [1.807, 2.05) is 18.2 Å². The van der Waals surface area contributed by atoms with E-state index in [1.165, 1.54) is 0 Å². The highest BCUT2D eigenvalue weighted by molar-refractivity contribution is 8.00. The molecule has 0 spiro atoms. The quantitative estimate of drug-likeness (QED) is 0.487. The maximum Gasteiger partial charge on any atom is 0.132 e. The summed E-state index contributed by atoms with van der Waals surface area (Å²) < 4.78 is 16.6. The highest BCUT2D eigenvalue weighted by atomic mass is 32.2. The number of thioether (sulfide) groups is 1. The summed E-state index contributed by atoms with van der Waals surface area (Å²) in [7, 11) is 5.14. The van der Waals surface area contributed by atoms with Gasteiger partial charge in [0.1, 0.15) is 17.2 Å². The van der Waals surface area contributed by atoms with E-state index in [1.54, 1.807) is 33.1 Å². The van der Waals surface area contributed by atoms with Crippen molar-refractivity contribution in [2.24, 2.45) is 0 Å². The Labute approximate surface area is 161 Å². The van der Waals surface area contributed by atoms with Gasteiger partial charge in [0.2, 0.25) is 0 Å². The molecule has 0 aliphatic carbocycles. The molecule has 26 heavy (non-hydrogen) atoms. The minimum Gasteiger partial charge on any atom is -0.496 e. The van der Waals surface area contributed by atoms with E-state index in [0.29, 0.717) is 5.25 Å². The Bertz CT molecular complexity index is 704. The minimum absolute atomic E-state index is 0.488. The highest BCUT2D eigenvalue weighted by Gasteiger charge is 2.13. The average Bonchev–Trinajstić information content (AvgIpc) is 2.65. The second kappa shape index (κ2) is 10.3. The zero-order valence-corrected chi connectivity index (χ0v) is 17.1. The van der Waals surface area contributed by atoms with Crippen LogP contribution < -0.4 is 19.5 Å². The highest BCUT2D eigenvalue weighted by Crippen LogP contribution is 2.37. The van der Waals surface area contributed by atoms with E-state index in [0.717, 1.165) is 52.8 Å². The van der Waals surface area contributed by atoms with Crippen molar-refractivity contribution in [2.45, 2.75) is 37.0 Å². The summed E-state index contributed by atoms with van der Waals surface area (Å²) in [6.45, 7) is 5.96. The third-order valence-corrected chi connectivity index (χ3v) is 5.05. The summed E-state index contributed by atoms with van der Waals surface area (Å²) in [6.07, 6.45) is 0.862. The van der Waals surface area contributed by atoms with E-state index in [4.69, 9.17) is 14.2 Å². The minimum atomic E-state index is 0.488. The maximum atomic E-state index is 5.60. The van der Waals surface area contributed by atoms with Gasteiger partial charge in [-0.1, -0.05) is 32.0 Å². The molecule has 0 saturated heterocycles. The summed E-state index contributed by atoms with van der Waals surface area (Å²) in [5, 5.41) is 3.97. The molecule has 0 fully saturated rings. The van der Waals surface area contributed by atoms with Crippen molar-refractivity contribution in [3.8, 4) is 17.2 Å². The zero-order valence-electron chi connectivity index (χ0n) is 16.3. The lowest BCUT2D eigenvalue weighted by atomic mass is 10.1. The Morgan fingerprint density at radius 1 is 0.885 bits per heavy atom. The van der Waals surface area contributed by atoms with Gasteiger partial charge in [-0.15, -0.1) is 11.8 Å². The lowest BCUT2D eigenvalue weighted by molar-refractivity contribution is 0.390. The number of nitrogens with one attached hydrogen (secondary N) is 1. The van der Waals surface area contributed by atoms with Crippen molar-refractivity contribution in [3.05, 3.63) is 47.5 Å². The number of para-hydroxylation sites is 1. The molecule has 2 aromatic carbocycles. The van der Waals surface area contributed by atoms with Gasteiger partial charge in [0.25, 0.3) is 0 Å². The van der Waals surface area contributed by atoms with E-state index in [2.05, 4.69) is 37.4 Å². The molecule has 0 bridgehead atoms. The fourth-order valence-electron chi connectivity index (χ4n) is 2.77. The van der Waals surface area contributed by atoms with E-state index in [-0.39, 0.29) is 0 Å². The number of methoxy groups -OCH3 is 3. The molecule has 5 heteroatoms. The van der Waals surface area contributed by atoms with Crippen molar-refractivity contribution in [1.29, 1.82) is 0 Å². The van der Waals surface area contributed by atoms with Crippen LogP contribution in [0.4, 0.5) is 0 Å². The smallest absolute Gasteiger partial charge is 0.132 e. The number of rotatable bonds is 10. The molecule has 0 unspecified atom stereocenters. The first-order valence-corrected chi connectivity index (χ1v) is 9.71. The van der Waals surface area contributed by atoms with E-state index >= 15 is 0 Å². The van der Waals surface area contributed by atoms with Gasteiger partial charge in [0.15, 0.2) is 0 Å². The van der Waals surface area contributed by atoms with Crippen LogP contribution in [-0.2, 0) is 13.0 Å². The molecular formula is C21H29NO3S. The Hall–Kier alpha value is -1.85. The second-order valence-electron chi connectivity index (χ2n) is 6.22.